The second-order valence-corrected chi connectivity index (χ2v) is 4.86. The lowest BCUT2D eigenvalue weighted by Crippen LogP contribution is -2.40. The number of likely N-dealkylation sites (tertiary alicyclic amines) is 1. The summed E-state index contributed by atoms with van der Waals surface area (Å²) in [6, 6.07) is 0.734. The molecule has 0 saturated carbocycles. The van der Waals surface area contributed by atoms with E-state index in [2.05, 4.69) is 10.2 Å². The second-order valence-electron chi connectivity index (χ2n) is 4.86. The van der Waals surface area contributed by atoms with Crippen LogP contribution in [0.5, 0.6) is 0 Å². The summed E-state index contributed by atoms with van der Waals surface area (Å²) in [6.45, 7) is 6.57. The number of rotatable bonds is 3. The first-order valence-corrected chi connectivity index (χ1v) is 5.89. The molecular formula is C11H22N2O. The van der Waals surface area contributed by atoms with Gasteiger partial charge in [0.25, 0.3) is 0 Å². The zero-order valence-corrected chi connectivity index (χ0v) is 9.08. The van der Waals surface area contributed by atoms with Crippen LogP contribution in [0.1, 0.15) is 26.2 Å². The highest BCUT2D eigenvalue weighted by Crippen LogP contribution is 2.24. The minimum atomic E-state index is -0.148. The highest BCUT2D eigenvalue weighted by atomic mass is 16.3. The summed E-state index contributed by atoms with van der Waals surface area (Å²) in [7, 11) is 0. The third-order valence-corrected chi connectivity index (χ3v) is 3.54. The SMILES string of the molecule is CC(O)CCN1CC2CCCNC2C1. The Bertz CT molecular complexity index is 170. The number of nitrogens with zero attached hydrogens (tertiary/aromatic N) is 1. The van der Waals surface area contributed by atoms with E-state index in [1.807, 2.05) is 6.92 Å². The lowest BCUT2D eigenvalue weighted by atomic mass is 9.94. The molecule has 0 aromatic carbocycles. The van der Waals surface area contributed by atoms with Gasteiger partial charge in [0.15, 0.2) is 0 Å². The van der Waals surface area contributed by atoms with Gasteiger partial charge in [-0.15, -0.1) is 0 Å². The van der Waals surface area contributed by atoms with Crippen molar-refractivity contribution in [1.82, 2.24) is 10.2 Å². The first-order valence-electron chi connectivity index (χ1n) is 5.89. The van der Waals surface area contributed by atoms with Gasteiger partial charge < -0.3 is 15.3 Å². The van der Waals surface area contributed by atoms with Gasteiger partial charge in [0.2, 0.25) is 0 Å². The zero-order chi connectivity index (χ0) is 9.97. The van der Waals surface area contributed by atoms with Crippen LogP contribution in [0.15, 0.2) is 0 Å². The van der Waals surface area contributed by atoms with E-state index in [9.17, 15) is 5.11 Å². The molecule has 2 fully saturated rings. The maximum Gasteiger partial charge on any atom is 0.0524 e. The first kappa shape index (κ1) is 10.4. The molecule has 0 radical (unpaired) electrons. The summed E-state index contributed by atoms with van der Waals surface area (Å²) >= 11 is 0. The predicted octanol–water partition coefficient (Wildman–Crippen LogP) is 0.441. The molecule has 2 N–H and O–H groups in total. The van der Waals surface area contributed by atoms with Gasteiger partial charge in [-0.3, -0.25) is 0 Å². The Morgan fingerprint density at radius 3 is 3.07 bits per heavy atom. The predicted molar refractivity (Wildman–Crippen MR) is 57.3 cm³/mol. The molecule has 3 unspecified atom stereocenters. The number of nitrogens with one attached hydrogen (secondary N) is 1. The topological polar surface area (TPSA) is 35.5 Å². The number of aliphatic hydroxyl groups is 1. The quantitative estimate of drug-likeness (QED) is 0.691. The Balaban J connectivity index is 1.75. The molecule has 0 aliphatic carbocycles. The lowest BCUT2D eigenvalue weighted by molar-refractivity contribution is 0.163. The largest absolute Gasteiger partial charge is 0.393 e. The fraction of sp³-hybridized carbons (Fsp3) is 1.00. The van der Waals surface area contributed by atoms with Crippen LogP contribution in [-0.4, -0.2) is 48.3 Å². The molecule has 3 nitrogen and oxygen atoms in total. The normalized spacial score (nSPS) is 35.6. The minimum absolute atomic E-state index is 0.148. The number of fused-ring (bicyclic) bond motifs is 1. The lowest BCUT2D eigenvalue weighted by Gasteiger charge is -2.24. The van der Waals surface area contributed by atoms with Gasteiger partial charge in [-0.25, -0.2) is 0 Å². The molecule has 0 spiro atoms. The Labute approximate surface area is 86.5 Å². The first-order chi connectivity index (χ1) is 6.75. The molecule has 2 aliphatic rings. The maximum atomic E-state index is 9.23. The van der Waals surface area contributed by atoms with Crippen molar-refractivity contribution in [2.24, 2.45) is 5.92 Å². The highest BCUT2D eigenvalue weighted by molar-refractivity contribution is 4.91. The van der Waals surface area contributed by atoms with E-state index in [0.717, 1.165) is 24.9 Å². The summed E-state index contributed by atoms with van der Waals surface area (Å²) < 4.78 is 0. The molecule has 0 aromatic heterocycles. The number of piperidine rings is 1. The van der Waals surface area contributed by atoms with Crippen LogP contribution < -0.4 is 5.32 Å². The molecule has 82 valence electrons. The molecule has 0 bridgehead atoms. The van der Waals surface area contributed by atoms with Crippen LogP contribution in [-0.2, 0) is 0 Å². The van der Waals surface area contributed by atoms with Crippen molar-refractivity contribution in [3.05, 3.63) is 0 Å². The molecule has 3 atom stereocenters. The fourth-order valence-electron chi connectivity index (χ4n) is 2.69. The highest BCUT2D eigenvalue weighted by Gasteiger charge is 2.33. The van der Waals surface area contributed by atoms with Crippen molar-refractivity contribution < 1.29 is 5.11 Å². The van der Waals surface area contributed by atoms with Crippen molar-refractivity contribution in [2.75, 3.05) is 26.2 Å². The van der Waals surface area contributed by atoms with Crippen LogP contribution in [0.2, 0.25) is 0 Å². The molecule has 2 heterocycles. The van der Waals surface area contributed by atoms with Crippen LogP contribution in [0.4, 0.5) is 0 Å². The van der Waals surface area contributed by atoms with Crippen molar-refractivity contribution in [2.45, 2.75) is 38.3 Å². The van der Waals surface area contributed by atoms with Crippen LogP contribution in [0.3, 0.4) is 0 Å². The average molecular weight is 198 g/mol. The third-order valence-electron chi connectivity index (χ3n) is 3.54. The van der Waals surface area contributed by atoms with E-state index in [1.54, 1.807) is 0 Å². The van der Waals surface area contributed by atoms with Crippen LogP contribution in [0.25, 0.3) is 0 Å². The molecule has 14 heavy (non-hydrogen) atoms. The van der Waals surface area contributed by atoms with Gasteiger partial charge in [-0.2, -0.15) is 0 Å². The summed E-state index contributed by atoms with van der Waals surface area (Å²) in [6.07, 6.45) is 3.50. The Kier molecular flexibility index (Phi) is 3.42. The minimum Gasteiger partial charge on any atom is -0.393 e. The summed E-state index contributed by atoms with van der Waals surface area (Å²) in [5.41, 5.74) is 0. The van der Waals surface area contributed by atoms with Gasteiger partial charge in [-0.1, -0.05) is 0 Å². The zero-order valence-electron chi connectivity index (χ0n) is 9.08. The summed E-state index contributed by atoms with van der Waals surface area (Å²) in [4.78, 5) is 2.50. The van der Waals surface area contributed by atoms with E-state index >= 15 is 0 Å². The molecule has 2 rings (SSSR count). The fourth-order valence-corrected chi connectivity index (χ4v) is 2.69. The monoisotopic (exact) mass is 198 g/mol. The van der Waals surface area contributed by atoms with E-state index < -0.39 is 0 Å². The molecule has 0 amide bonds. The van der Waals surface area contributed by atoms with Gasteiger partial charge in [0, 0.05) is 25.7 Å². The average Bonchev–Trinajstić information content (AvgIpc) is 2.57. The van der Waals surface area contributed by atoms with Gasteiger partial charge in [0.05, 0.1) is 6.10 Å². The van der Waals surface area contributed by atoms with Crippen molar-refractivity contribution >= 4 is 0 Å². The van der Waals surface area contributed by atoms with Crippen molar-refractivity contribution in [3.8, 4) is 0 Å². The maximum absolute atomic E-state index is 9.23. The number of aliphatic hydroxyl groups excluding tert-OH is 1. The van der Waals surface area contributed by atoms with Gasteiger partial charge in [-0.05, 0) is 38.6 Å². The number of hydrogen-bond donors (Lipinski definition) is 2. The van der Waals surface area contributed by atoms with Crippen molar-refractivity contribution in [1.29, 1.82) is 0 Å². The van der Waals surface area contributed by atoms with Gasteiger partial charge in [0.1, 0.15) is 0 Å². The summed E-state index contributed by atoms with van der Waals surface area (Å²) in [5, 5.41) is 12.8. The summed E-state index contributed by atoms with van der Waals surface area (Å²) in [5.74, 6) is 0.873. The molecular weight excluding hydrogens is 176 g/mol. The Morgan fingerprint density at radius 2 is 2.36 bits per heavy atom. The Morgan fingerprint density at radius 1 is 1.50 bits per heavy atom. The van der Waals surface area contributed by atoms with E-state index in [0.29, 0.717) is 0 Å². The van der Waals surface area contributed by atoms with Crippen LogP contribution >= 0.6 is 0 Å². The molecule has 2 saturated heterocycles. The molecule has 3 heteroatoms. The second kappa shape index (κ2) is 4.60. The van der Waals surface area contributed by atoms with E-state index in [1.165, 1.54) is 32.5 Å². The van der Waals surface area contributed by atoms with Gasteiger partial charge >= 0.3 is 0 Å². The standard InChI is InChI=1S/C11H22N2O/c1-9(14)4-6-13-7-10-3-2-5-12-11(10)8-13/h9-12,14H,2-8H2,1H3. The third kappa shape index (κ3) is 2.47. The van der Waals surface area contributed by atoms with Crippen molar-refractivity contribution in [3.63, 3.8) is 0 Å². The number of hydrogen-bond acceptors (Lipinski definition) is 3. The molecule has 2 aliphatic heterocycles. The van der Waals surface area contributed by atoms with E-state index in [-0.39, 0.29) is 6.10 Å². The Hall–Kier alpha value is -0.120. The molecule has 0 aromatic rings. The van der Waals surface area contributed by atoms with E-state index in [4.69, 9.17) is 0 Å². The smallest absolute Gasteiger partial charge is 0.0524 e. The van der Waals surface area contributed by atoms with Crippen LogP contribution in [0, 0.1) is 5.92 Å².